The van der Waals surface area contributed by atoms with Crippen LogP contribution in [0, 0.1) is 4.91 Å². The Balaban J connectivity index is 1.84. The van der Waals surface area contributed by atoms with E-state index in [0.29, 0.717) is 98.5 Å². The molecule has 0 heterocycles. The zero-order chi connectivity index (χ0) is 46.4. The molecule has 15 heteroatoms. The first-order valence-electron chi connectivity index (χ1n) is 22.6. The van der Waals surface area contributed by atoms with E-state index in [9.17, 15) is 34.3 Å². The number of esters is 4. The fourth-order valence-corrected chi connectivity index (χ4v) is 6.82. The summed E-state index contributed by atoms with van der Waals surface area (Å²) in [4.78, 5) is 63.7. The maximum Gasteiger partial charge on any atom is 0.338 e. The second-order valence-corrected chi connectivity index (χ2v) is 15.8. The van der Waals surface area contributed by atoms with Gasteiger partial charge in [0.2, 0.25) is 0 Å². The minimum Gasteiger partial charge on any atom is -0.465 e. The van der Waals surface area contributed by atoms with Crippen molar-refractivity contribution in [2.24, 2.45) is 5.18 Å². The maximum atomic E-state index is 13.5. The second-order valence-electron chi connectivity index (χ2n) is 15.8. The standard InChI is InChI=1S/C49H67NO14/c51-23-7-1-3-9-26-62-47(57)40-21-22-41(48(58)63-27-10-4-2-8-24-52)33-42(32-40)38-19-17-37(18-20-38)39-16-15-36(30-46(56)61-25-12-6-14-45(55)35-54)29-43(31-39)49(59)64-28-11-5-13-44(34-53)50-60/h15,17-21,29,31-33,44-45,51-55H,1-14,16,22-28,30,34-35H2. The Hall–Kier alpha value is -5.06. The first-order chi connectivity index (χ1) is 31.1. The smallest absolute Gasteiger partial charge is 0.338 e. The zero-order valence-corrected chi connectivity index (χ0v) is 37.0. The number of hydrogen-bond acceptors (Lipinski definition) is 15. The van der Waals surface area contributed by atoms with Gasteiger partial charge < -0.3 is 44.5 Å². The third-order valence-electron chi connectivity index (χ3n) is 10.6. The molecule has 5 N–H and O–H groups in total. The highest BCUT2D eigenvalue weighted by Crippen LogP contribution is 2.31. The predicted molar refractivity (Wildman–Crippen MR) is 241 cm³/mol. The molecular formula is C49H67NO14. The highest BCUT2D eigenvalue weighted by molar-refractivity contribution is 6.00. The van der Waals surface area contributed by atoms with Crippen molar-refractivity contribution in [1.82, 2.24) is 0 Å². The van der Waals surface area contributed by atoms with E-state index in [1.807, 2.05) is 30.3 Å². The number of allylic oxidation sites excluding steroid dienone is 6. The molecular weight excluding hydrogens is 827 g/mol. The molecule has 0 fully saturated rings. The number of aliphatic hydroxyl groups excluding tert-OH is 5. The Kier molecular flexibility index (Phi) is 26.4. The zero-order valence-electron chi connectivity index (χ0n) is 37.0. The number of carbonyl (C=O) groups excluding carboxylic acids is 4. The average molecular weight is 894 g/mol. The van der Waals surface area contributed by atoms with E-state index in [1.54, 1.807) is 30.4 Å². The molecule has 352 valence electrons. The number of unbranched alkanes of at least 4 members (excludes halogenated alkanes) is 8. The van der Waals surface area contributed by atoms with Crippen molar-refractivity contribution >= 4 is 35.0 Å². The van der Waals surface area contributed by atoms with Gasteiger partial charge in [0.25, 0.3) is 0 Å². The van der Waals surface area contributed by atoms with Gasteiger partial charge >= 0.3 is 23.9 Å². The molecule has 0 spiro atoms. The summed E-state index contributed by atoms with van der Waals surface area (Å²) >= 11 is 0. The van der Waals surface area contributed by atoms with Gasteiger partial charge in [-0.1, -0.05) is 54.4 Å². The minimum atomic E-state index is -0.818. The predicted octanol–water partition coefficient (Wildman–Crippen LogP) is 6.46. The molecule has 0 aliphatic heterocycles. The summed E-state index contributed by atoms with van der Waals surface area (Å²) in [5.74, 6) is -2.12. The van der Waals surface area contributed by atoms with Crippen LogP contribution in [0.1, 0.15) is 120 Å². The van der Waals surface area contributed by atoms with E-state index in [4.69, 9.17) is 34.3 Å². The number of ether oxygens (including phenoxy) is 4. The molecule has 2 unspecified atom stereocenters. The molecule has 1 aromatic rings. The summed E-state index contributed by atoms with van der Waals surface area (Å²) in [6, 6.07) is 6.70. The first-order valence-corrected chi connectivity index (χ1v) is 22.6. The highest BCUT2D eigenvalue weighted by Gasteiger charge is 2.21. The summed E-state index contributed by atoms with van der Waals surface area (Å²) in [6.45, 7) is 0.193. The van der Waals surface area contributed by atoms with Gasteiger partial charge in [-0.3, -0.25) is 4.79 Å². The fourth-order valence-electron chi connectivity index (χ4n) is 6.82. The number of aliphatic hydroxyl groups is 5. The molecule has 0 amide bonds. The lowest BCUT2D eigenvalue weighted by Gasteiger charge is -2.11. The van der Waals surface area contributed by atoms with Crippen LogP contribution in [0.25, 0.3) is 11.1 Å². The van der Waals surface area contributed by atoms with Gasteiger partial charge in [0, 0.05) is 18.8 Å². The van der Waals surface area contributed by atoms with E-state index >= 15 is 0 Å². The fraction of sp³-hybridized carbons (Fsp3) is 0.551. The lowest BCUT2D eigenvalue weighted by molar-refractivity contribution is -0.143. The van der Waals surface area contributed by atoms with Crippen molar-refractivity contribution in [2.75, 3.05) is 52.9 Å². The van der Waals surface area contributed by atoms with Crippen molar-refractivity contribution in [3.8, 4) is 0 Å². The van der Waals surface area contributed by atoms with Crippen LogP contribution >= 0.6 is 0 Å². The Morgan fingerprint density at radius 1 is 0.562 bits per heavy atom. The van der Waals surface area contributed by atoms with Crippen LogP contribution in [0.4, 0.5) is 0 Å². The Labute approximate surface area is 376 Å². The molecule has 2 aliphatic rings. The van der Waals surface area contributed by atoms with Crippen LogP contribution in [-0.4, -0.2) is 114 Å². The number of benzene rings is 1. The maximum absolute atomic E-state index is 13.5. The quantitative estimate of drug-likeness (QED) is 0.0226. The molecule has 0 aromatic heterocycles. The highest BCUT2D eigenvalue weighted by atomic mass is 16.5. The summed E-state index contributed by atoms with van der Waals surface area (Å²) in [5, 5.41) is 48.8. The largest absolute Gasteiger partial charge is 0.465 e. The minimum absolute atomic E-state index is 0.0640. The average Bonchev–Trinajstić information content (AvgIpc) is 3.67. The molecule has 1 aromatic carbocycles. The Morgan fingerprint density at radius 3 is 1.73 bits per heavy atom. The van der Waals surface area contributed by atoms with Gasteiger partial charge in [-0.25, -0.2) is 14.4 Å². The van der Waals surface area contributed by atoms with Crippen molar-refractivity contribution in [2.45, 2.75) is 121 Å². The molecule has 0 radical (unpaired) electrons. The lowest BCUT2D eigenvalue weighted by atomic mass is 9.96. The van der Waals surface area contributed by atoms with E-state index in [0.717, 1.165) is 36.8 Å². The third-order valence-corrected chi connectivity index (χ3v) is 10.6. The number of nitrogens with zero attached hydrogens (tertiary/aromatic N) is 1. The monoisotopic (exact) mass is 893 g/mol. The van der Waals surface area contributed by atoms with Gasteiger partial charge in [-0.15, -0.1) is 0 Å². The molecule has 2 atom stereocenters. The molecule has 0 saturated carbocycles. The van der Waals surface area contributed by atoms with E-state index in [-0.39, 0.29) is 71.3 Å². The van der Waals surface area contributed by atoms with Crippen LogP contribution in [0.15, 0.2) is 88.2 Å². The summed E-state index contributed by atoms with van der Waals surface area (Å²) in [5.41, 5.74) is 4.22. The van der Waals surface area contributed by atoms with Gasteiger partial charge in [0.1, 0.15) is 6.04 Å². The molecule has 64 heavy (non-hydrogen) atoms. The van der Waals surface area contributed by atoms with Gasteiger partial charge in [0.15, 0.2) is 0 Å². The van der Waals surface area contributed by atoms with Crippen LogP contribution < -0.4 is 0 Å². The molecule has 2 aliphatic carbocycles. The Bertz CT molecular complexity index is 1820. The van der Waals surface area contributed by atoms with E-state index in [2.05, 4.69) is 5.18 Å². The molecule has 0 bridgehead atoms. The van der Waals surface area contributed by atoms with Crippen LogP contribution in [0.2, 0.25) is 0 Å². The topological polar surface area (TPSA) is 236 Å². The van der Waals surface area contributed by atoms with Gasteiger partial charge in [0.05, 0.1) is 63.3 Å². The van der Waals surface area contributed by atoms with Gasteiger partial charge in [-0.05, 0) is 142 Å². The van der Waals surface area contributed by atoms with Crippen molar-refractivity contribution in [3.63, 3.8) is 0 Å². The van der Waals surface area contributed by atoms with Gasteiger partial charge in [-0.2, -0.15) is 4.91 Å². The number of rotatable bonds is 32. The normalized spacial score (nSPS) is 14.8. The molecule has 0 saturated heterocycles. The third kappa shape index (κ3) is 20.6. The van der Waals surface area contributed by atoms with Crippen molar-refractivity contribution < 1.29 is 63.7 Å². The lowest BCUT2D eigenvalue weighted by Crippen LogP contribution is -2.12. The SMILES string of the molecule is O=NC(CO)CCCCOC(=O)C1=CC(CC(=O)OCCCCC(O)CO)=CCC(c2ccc(C3=CC(C(=O)OCCCCCCO)=CCC(C(=O)OCCCCCCO)=C3)cc2)=C1. The Morgan fingerprint density at radius 2 is 1.12 bits per heavy atom. The van der Waals surface area contributed by atoms with Crippen LogP contribution in [0.3, 0.4) is 0 Å². The van der Waals surface area contributed by atoms with Crippen LogP contribution in [-0.2, 0) is 38.1 Å². The van der Waals surface area contributed by atoms with Crippen LogP contribution in [0.5, 0.6) is 0 Å². The molecule has 3 rings (SSSR count). The van der Waals surface area contributed by atoms with Crippen molar-refractivity contribution in [3.05, 3.63) is 99.0 Å². The second kappa shape index (κ2) is 31.7. The van der Waals surface area contributed by atoms with E-state index < -0.39 is 36.0 Å². The summed E-state index contributed by atoms with van der Waals surface area (Å²) in [6.07, 6.45) is 18.5. The summed E-state index contributed by atoms with van der Waals surface area (Å²) in [7, 11) is 0. The summed E-state index contributed by atoms with van der Waals surface area (Å²) < 4.78 is 22.2. The molecule has 15 nitrogen and oxygen atoms in total. The number of nitroso groups, excluding NO2 is 1. The van der Waals surface area contributed by atoms with Crippen molar-refractivity contribution in [1.29, 1.82) is 0 Å². The first kappa shape index (κ1) is 53.3. The van der Waals surface area contributed by atoms with E-state index in [1.165, 1.54) is 0 Å². The number of hydrogen-bond donors (Lipinski definition) is 5. The number of carbonyl (C=O) groups is 4.